The van der Waals surface area contributed by atoms with Gasteiger partial charge < -0.3 is 10.4 Å². The van der Waals surface area contributed by atoms with Crippen molar-refractivity contribution >= 4 is 11.4 Å². The first-order valence-corrected chi connectivity index (χ1v) is 6.22. The molecule has 0 unspecified atom stereocenters. The molecule has 1 aliphatic carbocycles. The second-order valence-electron chi connectivity index (χ2n) is 4.99. The highest BCUT2D eigenvalue weighted by molar-refractivity contribution is 5.59. The van der Waals surface area contributed by atoms with E-state index in [1.54, 1.807) is 19.1 Å². The quantitative estimate of drug-likeness (QED) is 0.636. The van der Waals surface area contributed by atoms with Gasteiger partial charge in [0.15, 0.2) is 0 Å². The minimum atomic E-state index is -0.656. The maximum Gasteiger partial charge on any atom is 0.274 e. The molecule has 1 saturated carbocycles. The number of hydrogen-bond donors (Lipinski definition) is 2. The number of anilines is 1. The fourth-order valence-electron chi connectivity index (χ4n) is 2.48. The van der Waals surface area contributed by atoms with Crippen molar-refractivity contribution in [1.29, 1.82) is 0 Å². The molecular formula is C13H18N2O3. The van der Waals surface area contributed by atoms with Crippen LogP contribution in [-0.2, 0) is 0 Å². The zero-order valence-electron chi connectivity index (χ0n) is 10.5. The molecule has 18 heavy (non-hydrogen) atoms. The molecule has 0 amide bonds. The third-order valence-electron chi connectivity index (χ3n) is 3.64. The number of rotatable bonds is 4. The molecule has 0 aliphatic heterocycles. The number of nitrogens with zero attached hydrogens (tertiary/aromatic N) is 1. The highest BCUT2D eigenvalue weighted by atomic mass is 16.6. The SMILES string of the molecule is Cc1c(NCC2(O)CCCC2)cccc1[N+](=O)[O-]. The van der Waals surface area contributed by atoms with Crippen LogP contribution in [0.5, 0.6) is 0 Å². The highest BCUT2D eigenvalue weighted by Gasteiger charge is 2.30. The lowest BCUT2D eigenvalue weighted by molar-refractivity contribution is -0.385. The molecule has 0 spiro atoms. The summed E-state index contributed by atoms with van der Waals surface area (Å²) in [6.07, 6.45) is 3.69. The lowest BCUT2D eigenvalue weighted by atomic mass is 10.0. The first kappa shape index (κ1) is 12.8. The van der Waals surface area contributed by atoms with Crippen molar-refractivity contribution in [3.05, 3.63) is 33.9 Å². The van der Waals surface area contributed by atoms with Crippen LogP contribution in [0.1, 0.15) is 31.2 Å². The van der Waals surface area contributed by atoms with Gasteiger partial charge in [0.05, 0.1) is 10.5 Å². The molecule has 0 saturated heterocycles. The van der Waals surface area contributed by atoms with Gasteiger partial charge in [0.2, 0.25) is 0 Å². The van der Waals surface area contributed by atoms with E-state index >= 15 is 0 Å². The van der Waals surface area contributed by atoms with Crippen molar-refractivity contribution in [2.75, 3.05) is 11.9 Å². The van der Waals surface area contributed by atoms with Gasteiger partial charge in [-0.25, -0.2) is 0 Å². The van der Waals surface area contributed by atoms with Crippen molar-refractivity contribution in [3.8, 4) is 0 Å². The summed E-state index contributed by atoms with van der Waals surface area (Å²) in [5.41, 5.74) is 0.795. The summed E-state index contributed by atoms with van der Waals surface area (Å²) in [6.45, 7) is 2.17. The lowest BCUT2D eigenvalue weighted by Gasteiger charge is -2.23. The Kier molecular flexibility index (Phi) is 3.52. The van der Waals surface area contributed by atoms with Gasteiger partial charge in [-0.15, -0.1) is 0 Å². The summed E-state index contributed by atoms with van der Waals surface area (Å²) in [6, 6.07) is 4.96. The topological polar surface area (TPSA) is 75.4 Å². The molecule has 0 atom stereocenters. The lowest BCUT2D eigenvalue weighted by Crippen LogP contribution is -2.33. The molecular weight excluding hydrogens is 232 g/mol. The Morgan fingerprint density at radius 1 is 1.44 bits per heavy atom. The minimum absolute atomic E-state index is 0.110. The van der Waals surface area contributed by atoms with Crippen LogP contribution in [0, 0.1) is 17.0 Å². The van der Waals surface area contributed by atoms with Gasteiger partial charge in [0.25, 0.3) is 5.69 Å². The van der Waals surface area contributed by atoms with Crippen LogP contribution in [-0.4, -0.2) is 22.2 Å². The van der Waals surface area contributed by atoms with Gasteiger partial charge in [-0.05, 0) is 25.8 Å². The first-order chi connectivity index (χ1) is 8.52. The minimum Gasteiger partial charge on any atom is -0.388 e. The molecule has 1 aliphatic rings. The van der Waals surface area contributed by atoms with Crippen LogP contribution in [0.15, 0.2) is 18.2 Å². The highest BCUT2D eigenvalue weighted by Crippen LogP contribution is 2.31. The van der Waals surface area contributed by atoms with Gasteiger partial charge >= 0.3 is 0 Å². The largest absolute Gasteiger partial charge is 0.388 e. The van der Waals surface area contributed by atoms with E-state index in [0.29, 0.717) is 12.1 Å². The van der Waals surface area contributed by atoms with Gasteiger partial charge in [0.1, 0.15) is 0 Å². The van der Waals surface area contributed by atoms with E-state index in [-0.39, 0.29) is 10.6 Å². The van der Waals surface area contributed by atoms with Crippen molar-refractivity contribution in [3.63, 3.8) is 0 Å². The van der Waals surface area contributed by atoms with E-state index < -0.39 is 5.60 Å². The number of nitro benzene ring substituents is 1. The van der Waals surface area contributed by atoms with Crippen LogP contribution >= 0.6 is 0 Å². The van der Waals surface area contributed by atoms with E-state index in [4.69, 9.17) is 0 Å². The smallest absolute Gasteiger partial charge is 0.274 e. The van der Waals surface area contributed by atoms with Gasteiger partial charge in [-0.1, -0.05) is 18.9 Å². The Labute approximate surface area is 106 Å². The average Bonchev–Trinajstić information content (AvgIpc) is 2.75. The first-order valence-electron chi connectivity index (χ1n) is 6.22. The summed E-state index contributed by atoms with van der Waals surface area (Å²) < 4.78 is 0. The standard InChI is InChI=1S/C13H18N2O3/c1-10-11(5-4-6-12(10)15(17)18)14-9-13(16)7-2-3-8-13/h4-6,14,16H,2-3,7-9H2,1H3. The maximum absolute atomic E-state index is 10.8. The molecule has 0 aromatic heterocycles. The number of nitrogens with one attached hydrogen (secondary N) is 1. The van der Waals surface area contributed by atoms with Crippen LogP contribution in [0.2, 0.25) is 0 Å². The Bertz CT molecular complexity index is 454. The predicted molar refractivity (Wildman–Crippen MR) is 69.7 cm³/mol. The Morgan fingerprint density at radius 3 is 2.72 bits per heavy atom. The number of benzene rings is 1. The molecule has 0 bridgehead atoms. The fourth-order valence-corrected chi connectivity index (χ4v) is 2.48. The van der Waals surface area contributed by atoms with Crippen LogP contribution in [0.4, 0.5) is 11.4 Å². The van der Waals surface area contributed by atoms with Crippen LogP contribution < -0.4 is 5.32 Å². The van der Waals surface area contributed by atoms with E-state index in [1.807, 2.05) is 0 Å². The van der Waals surface area contributed by atoms with Crippen LogP contribution in [0.25, 0.3) is 0 Å². The molecule has 0 radical (unpaired) electrons. The van der Waals surface area contributed by atoms with E-state index in [2.05, 4.69) is 5.32 Å². The molecule has 1 fully saturated rings. The Morgan fingerprint density at radius 2 is 2.11 bits per heavy atom. The number of hydrogen-bond acceptors (Lipinski definition) is 4. The van der Waals surface area contributed by atoms with E-state index in [9.17, 15) is 15.2 Å². The van der Waals surface area contributed by atoms with Crippen molar-refractivity contribution < 1.29 is 10.0 Å². The number of nitro groups is 1. The van der Waals surface area contributed by atoms with Gasteiger partial charge in [0, 0.05) is 23.9 Å². The number of aliphatic hydroxyl groups is 1. The van der Waals surface area contributed by atoms with Gasteiger partial charge in [-0.2, -0.15) is 0 Å². The molecule has 1 aromatic rings. The molecule has 5 heteroatoms. The Hall–Kier alpha value is -1.62. The molecule has 0 heterocycles. The Balaban J connectivity index is 2.10. The fraction of sp³-hybridized carbons (Fsp3) is 0.538. The zero-order chi connectivity index (χ0) is 13.2. The second kappa shape index (κ2) is 4.94. The third kappa shape index (κ3) is 2.61. The predicted octanol–water partition coefficient (Wildman–Crippen LogP) is 2.62. The summed E-state index contributed by atoms with van der Waals surface area (Å²) in [5.74, 6) is 0. The van der Waals surface area contributed by atoms with Crippen LogP contribution in [0.3, 0.4) is 0 Å². The second-order valence-corrected chi connectivity index (χ2v) is 4.99. The molecule has 2 rings (SSSR count). The maximum atomic E-state index is 10.8. The van der Waals surface area contributed by atoms with E-state index in [0.717, 1.165) is 31.4 Å². The molecule has 1 aromatic carbocycles. The summed E-state index contributed by atoms with van der Waals surface area (Å²) in [7, 11) is 0. The molecule has 5 nitrogen and oxygen atoms in total. The molecule has 98 valence electrons. The zero-order valence-corrected chi connectivity index (χ0v) is 10.5. The molecule has 2 N–H and O–H groups in total. The van der Waals surface area contributed by atoms with Crippen molar-refractivity contribution in [2.45, 2.75) is 38.2 Å². The van der Waals surface area contributed by atoms with Crippen molar-refractivity contribution in [1.82, 2.24) is 0 Å². The van der Waals surface area contributed by atoms with Gasteiger partial charge in [-0.3, -0.25) is 10.1 Å². The average molecular weight is 250 g/mol. The van der Waals surface area contributed by atoms with Crippen molar-refractivity contribution in [2.24, 2.45) is 0 Å². The normalized spacial score (nSPS) is 17.7. The third-order valence-corrected chi connectivity index (χ3v) is 3.64. The summed E-state index contributed by atoms with van der Waals surface area (Å²) in [5, 5.41) is 24.2. The van der Waals surface area contributed by atoms with E-state index in [1.165, 1.54) is 6.07 Å². The summed E-state index contributed by atoms with van der Waals surface area (Å²) in [4.78, 5) is 10.4. The summed E-state index contributed by atoms with van der Waals surface area (Å²) >= 11 is 0. The monoisotopic (exact) mass is 250 g/mol.